The average Bonchev–Trinajstić information content (AvgIpc) is 2.36. The molecule has 2 rings (SSSR count). The predicted octanol–water partition coefficient (Wildman–Crippen LogP) is 3.93. The summed E-state index contributed by atoms with van der Waals surface area (Å²) in [7, 11) is 0. The van der Waals surface area contributed by atoms with Gasteiger partial charge in [-0.15, -0.1) is 0 Å². The van der Waals surface area contributed by atoms with E-state index in [0.29, 0.717) is 11.7 Å². The molecule has 1 heterocycles. The van der Waals surface area contributed by atoms with Crippen LogP contribution in [0.25, 0.3) is 11.4 Å². The number of hydrogen-bond acceptors (Lipinski definition) is 2. The first-order valence-electron chi connectivity index (χ1n) is 7.47. The van der Waals surface area contributed by atoms with Crippen molar-refractivity contribution in [3.63, 3.8) is 0 Å². The smallest absolute Gasteiger partial charge is 0.251 e. The molecule has 0 saturated heterocycles. The van der Waals surface area contributed by atoms with Gasteiger partial charge in [-0.05, 0) is 23.3 Å². The Balaban J connectivity index is 2.38. The fourth-order valence-electron chi connectivity index (χ4n) is 2.30. The van der Waals surface area contributed by atoms with Gasteiger partial charge in [-0.3, -0.25) is 4.79 Å². The van der Waals surface area contributed by atoms with E-state index in [1.165, 1.54) is 5.56 Å². The van der Waals surface area contributed by atoms with E-state index in [9.17, 15) is 4.79 Å². The average molecular weight is 284 g/mol. The first-order chi connectivity index (χ1) is 9.75. The van der Waals surface area contributed by atoms with Crippen LogP contribution in [-0.2, 0) is 11.8 Å². The van der Waals surface area contributed by atoms with Gasteiger partial charge in [0.05, 0.1) is 0 Å². The minimum absolute atomic E-state index is 0.0875. The van der Waals surface area contributed by atoms with Gasteiger partial charge in [0.2, 0.25) is 0 Å². The first-order valence-corrected chi connectivity index (χ1v) is 7.47. The van der Waals surface area contributed by atoms with Crippen LogP contribution in [0.1, 0.15) is 45.9 Å². The SMILES string of the molecule is CC(C)Cc1cc(=O)[nH]c(-c2ccc(C(C)(C)C)cc2)n1. The number of benzene rings is 1. The summed E-state index contributed by atoms with van der Waals surface area (Å²) >= 11 is 0. The van der Waals surface area contributed by atoms with Crippen molar-refractivity contribution >= 4 is 0 Å². The van der Waals surface area contributed by atoms with Crippen LogP contribution < -0.4 is 5.56 Å². The number of rotatable bonds is 3. The van der Waals surface area contributed by atoms with Gasteiger partial charge in [0.25, 0.3) is 5.56 Å². The summed E-state index contributed by atoms with van der Waals surface area (Å²) in [6.07, 6.45) is 0.816. The predicted molar refractivity (Wildman–Crippen MR) is 87.5 cm³/mol. The fraction of sp³-hybridized carbons (Fsp3) is 0.444. The molecule has 1 aromatic carbocycles. The molecule has 0 fully saturated rings. The monoisotopic (exact) mass is 284 g/mol. The topological polar surface area (TPSA) is 45.8 Å². The Labute approximate surface area is 126 Å². The third-order valence-electron chi connectivity index (χ3n) is 3.44. The van der Waals surface area contributed by atoms with E-state index in [1.54, 1.807) is 6.07 Å². The van der Waals surface area contributed by atoms with Crippen LogP contribution in [0.2, 0.25) is 0 Å². The Morgan fingerprint density at radius 2 is 1.76 bits per heavy atom. The molecule has 0 atom stereocenters. The molecular formula is C18H24N2O. The standard InChI is InChI=1S/C18H24N2O/c1-12(2)10-15-11-16(21)20-17(19-15)13-6-8-14(9-7-13)18(3,4)5/h6-9,11-12H,10H2,1-5H3,(H,19,20,21). The van der Waals surface area contributed by atoms with Crippen molar-refractivity contribution in [1.82, 2.24) is 9.97 Å². The van der Waals surface area contributed by atoms with Crippen LogP contribution in [0.5, 0.6) is 0 Å². The van der Waals surface area contributed by atoms with Gasteiger partial charge < -0.3 is 4.98 Å². The van der Waals surface area contributed by atoms with Crippen molar-refractivity contribution < 1.29 is 0 Å². The zero-order valence-electron chi connectivity index (χ0n) is 13.5. The minimum Gasteiger partial charge on any atom is -0.307 e. The molecule has 21 heavy (non-hydrogen) atoms. The number of aromatic nitrogens is 2. The second-order valence-corrected chi connectivity index (χ2v) is 7.01. The highest BCUT2D eigenvalue weighted by molar-refractivity contribution is 5.55. The minimum atomic E-state index is -0.0875. The molecule has 1 aromatic heterocycles. The maximum atomic E-state index is 11.8. The zero-order valence-corrected chi connectivity index (χ0v) is 13.5. The molecule has 0 aliphatic rings. The van der Waals surface area contributed by atoms with E-state index in [4.69, 9.17) is 0 Å². The Morgan fingerprint density at radius 3 is 2.29 bits per heavy atom. The summed E-state index contributed by atoms with van der Waals surface area (Å²) in [6.45, 7) is 10.8. The van der Waals surface area contributed by atoms with Crippen LogP contribution in [0, 0.1) is 5.92 Å². The summed E-state index contributed by atoms with van der Waals surface area (Å²) in [5.74, 6) is 1.13. The molecular weight excluding hydrogens is 260 g/mol. The number of nitrogens with zero attached hydrogens (tertiary/aromatic N) is 1. The van der Waals surface area contributed by atoms with E-state index in [1.807, 2.05) is 12.1 Å². The highest BCUT2D eigenvalue weighted by atomic mass is 16.1. The van der Waals surface area contributed by atoms with Crippen LogP contribution in [0.3, 0.4) is 0 Å². The molecule has 1 N–H and O–H groups in total. The van der Waals surface area contributed by atoms with Gasteiger partial charge in [0.15, 0.2) is 0 Å². The summed E-state index contributed by atoms with van der Waals surface area (Å²) in [6, 6.07) is 9.85. The molecule has 3 nitrogen and oxygen atoms in total. The Kier molecular flexibility index (Phi) is 4.31. The summed E-state index contributed by atoms with van der Waals surface area (Å²) in [5.41, 5.74) is 3.11. The largest absolute Gasteiger partial charge is 0.307 e. The molecule has 3 heteroatoms. The second kappa shape index (κ2) is 5.84. The van der Waals surface area contributed by atoms with Crippen molar-refractivity contribution in [3.05, 3.63) is 51.9 Å². The molecule has 2 aromatic rings. The lowest BCUT2D eigenvalue weighted by molar-refractivity contribution is 0.590. The molecule has 0 radical (unpaired) electrons. The molecule has 0 bridgehead atoms. The van der Waals surface area contributed by atoms with Crippen molar-refractivity contribution in [3.8, 4) is 11.4 Å². The van der Waals surface area contributed by atoms with Gasteiger partial charge in [0.1, 0.15) is 5.82 Å². The third kappa shape index (κ3) is 4.03. The van der Waals surface area contributed by atoms with Crippen molar-refractivity contribution in [2.75, 3.05) is 0 Å². The fourth-order valence-corrected chi connectivity index (χ4v) is 2.30. The number of nitrogens with one attached hydrogen (secondary N) is 1. The van der Waals surface area contributed by atoms with Crippen LogP contribution in [0.4, 0.5) is 0 Å². The lowest BCUT2D eigenvalue weighted by Gasteiger charge is -2.19. The number of H-pyrrole nitrogens is 1. The lowest BCUT2D eigenvalue weighted by Crippen LogP contribution is -2.12. The Morgan fingerprint density at radius 1 is 1.14 bits per heavy atom. The van der Waals surface area contributed by atoms with Crippen molar-refractivity contribution in [2.24, 2.45) is 5.92 Å². The second-order valence-electron chi connectivity index (χ2n) is 7.01. The van der Waals surface area contributed by atoms with Gasteiger partial charge in [-0.2, -0.15) is 0 Å². The molecule has 0 amide bonds. The van der Waals surface area contributed by atoms with Gasteiger partial charge in [0, 0.05) is 17.3 Å². The van der Waals surface area contributed by atoms with Crippen LogP contribution >= 0.6 is 0 Å². The third-order valence-corrected chi connectivity index (χ3v) is 3.44. The quantitative estimate of drug-likeness (QED) is 0.928. The molecule has 0 saturated carbocycles. The van der Waals surface area contributed by atoms with Crippen LogP contribution in [-0.4, -0.2) is 9.97 Å². The van der Waals surface area contributed by atoms with Crippen molar-refractivity contribution in [2.45, 2.75) is 46.5 Å². The van der Waals surface area contributed by atoms with E-state index >= 15 is 0 Å². The van der Waals surface area contributed by atoms with Gasteiger partial charge >= 0.3 is 0 Å². The first kappa shape index (κ1) is 15.5. The van der Waals surface area contributed by atoms with Gasteiger partial charge in [-0.1, -0.05) is 58.9 Å². The summed E-state index contributed by atoms with van der Waals surface area (Å²) < 4.78 is 0. The van der Waals surface area contributed by atoms with E-state index in [-0.39, 0.29) is 11.0 Å². The summed E-state index contributed by atoms with van der Waals surface area (Å²) in [4.78, 5) is 19.2. The Hall–Kier alpha value is -1.90. The van der Waals surface area contributed by atoms with E-state index in [2.05, 4.69) is 56.7 Å². The number of aromatic amines is 1. The summed E-state index contributed by atoms with van der Waals surface area (Å²) in [5, 5.41) is 0. The molecule has 0 aliphatic heterocycles. The highest BCUT2D eigenvalue weighted by Crippen LogP contribution is 2.24. The molecule has 112 valence electrons. The lowest BCUT2D eigenvalue weighted by atomic mass is 9.87. The van der Waals surface area contributed by atoms with Crippen molar-refractivity contribution in [1.29, 1.82) is 0 Å². The van der Waals surface area contributed by atoms with Crippen LogP contribution in [0.15, 0.2) is 35.1 Å². The molecule has 0 spiro atoms. The van der Waals surface area contributed by atoms with E-state index < -0.39 is 0 Å². The Bertz CT molecular complexity index is 661. The highest BCUT2D eigenvalue weighted by Gasteiger charge is 2.13. The molecule has 0 unspecified atom stereocenters. The normalized spacial score (nSPS) is 11.9. The van der Waals surface area contributed by atoms with Gasteiger partial charge in [-0.25, -0.2) is 4.98 Å². The number of hydrogen-bond donors (Lipinski definition) is 1. The molecule has 0 aliphatic carbocycles. The van der Waals surface area contributed by atoms with E-state index in [0.717, 1.165) is 17.7 Å². The maximum Gasteiger partial charge on any atom is 0.251 e. The zero-order chi connectivity index (χ0) is 15.6. The maximum absolute atomic E-state index is 11.8.